The van der Waals surface area contributed by atoms with Crippen LogP contribution in [0.5, 0.6) is 0 Å². The lowest BCUT2D eigenvalue weighted by molar-refractivity contribution is 0.293. The van der Waals surface area contributed by atoms with Gasteiger partial charge in [-0.05, 0) is 31.7 Å². The summed E-state index contributed by atoms with van der Waals surface area (Å²) < 4.78 is 0. The highest BCUT2D eigenvalue weighted by Gasteiger charge is 2.18. The third-order valence-corrected chi connectivity index (χ3v) is 4.47. The Hall–Kier alpha value is -0.0400. The Balaban J connectivity index is 3.86. The van der Waals surface area contributed by atoms with E-state index in [9.17, 15) is 0 Å². The molecule has 1 heteroatoms. The minimum atomic E-state index is 0.774. The van der Waals surface area contributed by atoms with Crippen LogP contribution >= 0.6 is 0 Å². The molecule has 0 bridgehead atoms. The van der Waals surface area contributed by atoms with E-state index in [-0.39, 0.29) is 0 Å². The zero-order chi connectivity index (χ0) is 15.1. The first kappa shape index (κ1) is 20.0. The van der Waals surface area contributed by atoms with Crippen LogP contribution in [-0.2, 0) is 0 Å². The monoisotopic (exact) mass is 283 g/mol. The smallest absolute Gasteiger partial charge is 0.00952 e. The van der Waals surface area contributed by atoms with Gasteiger partial charge in [0.15, 0.2) is 0 Å². The summed E-state index contributed by atoms with van der Waals surface area (Å²) in [5.74, 6) is 0.907. The van der Waals surface area contributed by atoms with E-state index in [4.69, 9.17) is 0 Å². The second kappa shape index (κ2) is 15.4. The van der Waals surface area contributed by atoms with Crippen LogP contribution in [0, 0.1) is 5.92 Å². The van der Waals surface area contributed by atoms with Crippen LogP contribution in [0.15, 0.2) is 0 Å². The summed E-state index contributed by atoms with van der Waals surface area (Å²) in [6.45, 7) is 10.3. The Kier molecular flexibility index (Phi) is 15.3. The van der Waals surface area contributed by atoms with E-state index in [2.05, 4.69) is 33.0 Å². The van der Waals surface area contributed by atoms with Crippen molar-refractivity contribution in [2.24, 2.45) is 5.92 Å². The summed E-state index contributed by atoms with van der Waals surface area (Å²) in [6, 6.07) is 0.774. The van der Waals surface area contributed by atoms with Gasteiger partial charge in [-0.3, -0.25) is 0 Å². The first-order chi connectivity index (χ1) is 9.79. The van der Waals surface area contributed by atoms with Crippen LogP contribution in [0.25, 0.3) is 0 Å². The summed E-state index contributed by atoms with van der Waals surface area (Å²) in [7, 11) is 0. The molecule has 20 heavy (non-hydrogen) atoms. The third-order valence-electron chi connectivity index (χ3n) is 4.47. The van der Waals surface area contributed by atoms with Crippen molar-refractivity contribution in [1.82, 2.24) is 5.32 Å². The molecule has 0 aromatic heterocycles. The highest BCUT2D eigenvalue weighted by molar-refractivity contribution is 4.76. The normalized spacial score (nSPS) is 13.1. The van der Waals surface area contributed by atoms with Gasteiger partial charge in [0, 0.05) is 6.04 Å². The van der Waals surface area contributed by atoms with Crippen molar-refractivity contribution in [2.45, 2.75) is 111 Å². The van der Waals surface area contributed by atoms with Crippen molar-refractivity contribution in [3.63, 3.8) is 0 Å². The highest BCUT2D eigenvalue weighted by atomic mass is 14.9. The lowest BCUT2D eigenvalue weighted by atomic mass is 9.87. The van der Waals surface area contributed by atoms with Gasteiger partial charge in [0.1, 0.15) is 0 Å². The zero-order valence-corrected chi connectivity index (χ0v) is 14.8. The van der Waals surface area contributed by atoms with Gasteiger partial charge in [-0.25, -0.2) is 0 Å². The van der Waals surface area contributed by atoms with Gasteiger partial charge >= 0.3 is 0 Å². The van der Waals surface area contributed by atoms with Crippen molar-refractivity contribution in [3.8, 4) is 0 Å². The van der Waals surface area contributed by atoms with Gasteiger partial charge in [0.25, 0.3) is 0 Å². The van der Waals surface area contributed by atoms with Crippen molar-refractivity contribution >= 4 is 0 Å². The molecule has 0 heterocycles. The average molecular weight is 284 g/mol. The SMILES string of the molecule is CCCCCCCCCC(NCC)C(CCC)CCC. The number of hydrogen-bond acceptors (Lipinski definition) is 1. The van der Waals surface area contributed by atoms with E-state index in [1.165, 1.54) is 77.0 Å². The summed E-state index contributed by atoms with van der Waals surface area (Å²) in [4.78, 5) is 0. The molecule has 0 rings (SSSR count). The third kappa shape index (κ3) is 10.7. The molecular formula is C19H41N. The molecule has 0 fully saturated rings. The molecule has 0 amide bonds. The largest absolute Gasteiger partial charge is 0.314 e. The number of rotatable bonds is 15. The molecule has 122 valence electrons. The van der Waals surface area contributed by atoms with Crippen molar-refractivity contribution in [1.29, 1.82) is 0 Å². The molecule has 1 atom stereocenters. The molecule has 1 nitrogen and oxygen atoms in total. The maximum atomic E-state index is 3.76. The van der Waals surface area contributed by atoms with Crippen LogP contribution in [-0.4, -0.2) is 12.6 Å². The molecule has 1 unspecified atom stereocenters. The van der Waals surface area contributed by atoms with E-state index in [1.54, 1.807) is 0 Å². The Morgan fingerprint density at radius 2 is 1.15 bits per heavy atom. The summed E-state index contributed by atoms with van der Waals surface area (Å²) >= 11 is 0. The number of nitrogens with one attached hydrogen (secondary N) is 1. The minimum Gasteiger partial charge on any atom is -0.314 e. The summed E-state index contributed by atoms with van der Waals surface area (Å²) in [5.41, 5.74) is 0. The van der Waals surface area contributed by atoms with Gasteiger partial charge in [0.05, 0.1) is 0 Å². The van der Waals surface area contributed by atoms with Crippen LogP contribution < -0.4 is 5.32 Å². The molecule has 0 saturated carbocycles. The topological polar surface area (TPSA) is 12.0 Å². The first-order valence-corrected chi connectivity index (χ1v) is 9.53. The number of unbranched alkanes of at least 4 members (excludes halogenated alkanes) is 6. The molecule has 0 aromatic rings. The van der Waals surface area contributed by atoms with E-state index in [0.717, 1.165) is 18.5 Å². The van der Waals surface area contributed by atoms with Crippen LogP contribution in [0.4, 0.5) is 0 Å². The highest BCUT2D eigenvalue weighted by Crippen LogP contribution is 2.22. The van der Waals surface area contributed by atoms with Gasteiger partial charge in [0.2, 0.25) is 0 Å². The first-order valence-electron chi connectivity index (χ1n) is 9.53. The molecule has 0 saturated heterocycles. The Morgan fingerprint density at radius 3 is 1.65 bits per heavy atom. The molecule has 0 spiro atoms. The predicted molar refractivity (Wildman–Crippen MR) is 93.4 cm³/mol. The quantitative estimate of drug-likeness (QED) is 0.347. The molecule has 0 aliphatic heterocycles. The van der Waals surface area contributed by atoms with E-state index >= 15 is 0 Å². The van der Waals surface area contributed by atoms with Crippen molar-refractivity contribution < 1.29 is 0 Å². The second-order valence-electron chi connectivity index (χ2n) is 6.41. The fourth-order valence-electron chi connectivity index (χ4n) is 3.38. The maximum Gasteiger partial charge on any atom is 0.00952 e. The zero-order valence-electron chi connectivity index (χ0n) is 14.8. The molecule has 0 aliphatic rings. The molecule has 0 aliphatic carbocycles. The van der Waals surface area contributed by atoms with Crippen LogP contribution in [0.1, 0.15) is 105 Å². The Morgan fingerprint density at radius 1 is 0.600 bits per heavy atom. The lowest BCUT2D eigenvalue weighted by Crippen LogP contribution is -2.36. The Bertz CT molecular complexity index is 173. The predicted octanol–water partition coefficient (Wildman–Crippen LogP) is 6.32. The van der Waals surface area contributed by atoms with Gasteiger partial charge in [-0.1, -0.05) is 85.5 Å². The van der Waals surface area contributed by atoms with E-state index in [0.29, 0.717) is 0 Å². The molecule has 0 radical (unpaired) electrons. The fourth-order valence-corrected chi connectivity index (χ4v) is 3.38. The van der Waals surface area contributed by atoms with Crippen molar-refractivity contribution in [2.75, 3.05) is 6.54 Å². The molecule has 0 aromatic carbocycles. The van der Waals surface area contributed by atoms with Gasteiger partial charge in [-0.2, -0.15) is 0 Å². The maximum absolute atomic E-state index is 3.76. The lowest BCUT2D eigenvalue weighted by Gasteiger charge is -2.27. The number of hydrogen-bond donors (Lipinski definition) is 1. The second-order valence-corrected chi connectivity index (χ2v) is 6.41. The summed E-state index contributed by atoms with van der Waals surface area (Å²) in [6.07, 6.45) is 16.9. The Labute approximate surface area is 129 Å². The van der Waals surface area contributed by atoms with Crippen LogP contribution in [0.3, 0.4) is 0 Å². The molecular weight excluding hydrogens is 242 g/mol. The van der Waals surface area contributed by atoms with E-state index < -0.39 is 0 Å². The standard InChI is InChI=1S/C19H41N/c1-5-9-10-11-12-13-14-17-19(20-8-4)18(15-6-2)16-7-3/h18-20H,5-17H2,1-4H3. The van der Waals surface area contributed by atoms with Gasteiger partial charge < -0.3 is 5.32 Å². The average Bonchev–Trinajstić information content (AvgIpc) is 2.45. The fraction of sp³-hybridized carbons (Fsp3) is 1.00. The summed E-state index contributed by atoms with van der Waals surface area (Å²) in [5, 5.41) is 3.76. The van der Waals surface area contributed by atoms with Gasteiger partial charge in [-0.15, -0.1) is 0 Å². The van der Waals surface area contributed by atoms with Crippen LogP contribution in [0.2, 0.25) is 0 Å². The molecule has 1 N–H and O–H groups in total. The van der Waals surface area contributed by atoms with E-state index in [1.807, 2.05) is 0 Å². The van der Waals surface area contributed by atoms with Crippen molar-refractivity contribution in [3.05, 3.63) is 0 Å². The minimum absolute atomic E-state index is 0.774.